The Morgan fingerprint density at radius 3 is 2.50 bits per heavy atom. The molecular formula is C22H29BrN4O. The van der Waals surface area contributed by atoms with E-state index in [1.165, 1.54) is 5.56 Å². The van der Waals surface area contributed by atoms with Crippen LogP contribution >= 0.6 is 15.9 Å². The van der Waals surface area contributed by atoms with E-state index in [0.717, 1.165) is 40.1 Å². The Morgan fingerprint density at radius 2 is 1.89 bits per heavy atom. The molecule has 1 aliphatic heterocycles. The van der Waals surface area contributed by atoms with Crippen molar-refractivity contribution < 1.29 is 4.79 Å². The van der Waals surface area contributed by atoms with Gasteiger partial charge in [-0.05, 0) is 65.7 Å². The number of nitrogens with one attached hydrogen (secondary N) is 1. The summed E-state index contributed by atoms with van der Waals surface area (Å²) < 4.78 is 0.977. The SMILES string of the molecule is CCC(CC)N1C(=O)CCc2c(C)nc(Nc3ccc(C(C)C)cc3Br)nc21. The van der Waals surface area contributed by atoms with Crippen LogP contribution in [-0.4, -0.2) is 21.9 Å². The van der Waals surface area contributed by atoms with Crippen LogP contribution in [0.25, 0.3) is 0 Å². The average Bonchev–Trinajstić information content (AvgIpc) is 2.65. The lowest BCUT2D eigenvalue weighted by molar-refractivity contribution is -0.119. The average molecular weight is 445 g/mol. The van der Waals surface area contributed by atoms with E-state index in [-0.39, 0.29) is 11.9 Å². The van der Waals surface area contributed by atoms with Crippen LogP contribution in [0.1, 0.15) is 69.7 Å². The molecule has 1 aliphatic rings. The molecule has 6 heteroatoms. The maximum atomic E-state index is 12.7. The Balaban J connectivity index is 1.99. The monoisotopic (exact) mass is 444 g/mol. The largest absolute Gasteiger partial charge is 0.323 e. The van der Waals surface area contributed by atoms with E-state index in [1.54, 1.807) is 0 Å². The van der Waals surface area contributed by atoms with Crippen molar-refractivity contribution in [3.63, 3.8) is 0 Å². The van der Waals surface area contributed by atoms with Gasteiger partial charge in [-0.1, -0.05) is 33.8 Å². The minimum absolute atomic E-state index is 0.160. The Kier molecular flexibility index (Phi) is 6.38. The molecule has 1 N–H and O–H groups in total. The van der Waals surface area contributed by atoms with Crippen molar-refractivity contribution in [3.8, 4) is 0 Å². The van der Waals surface area contributed by atoms with E-state index in [4.69, 9.17) is 4.98 Å². The molecule has 0 atom stereocenters. The number of aromatic nitrogens is 2. The van der Waals surface area contributed by atoms with Gasteiger partial charge in [-0.25, -0.2) is 4.98 Å². The van der Waals surface area contributed by atoms with Gasteiger partial charge in [0.05, 0.1) is 5.69 Å². The van der Waals surface area contributed by atoms with Crippen molar-refractivity contribution in [2.75, 3.05) is 10.2 Å². The number of amides is 1. The fourth-order valence-electron chi connectivity index (χ4n) is 3.74. The summed E-state index contributed by atoms with van der Waals surface area (Å²) in [6.45, 7) is 10.6. The lowest BCUT2D eigenvalue weighted by atomic mass is 10.00. The van der Waals surface area contributed by atoms with Crippen molar-refractivity contribution in [3.05, 3.63) is 39.5 Å². The molecule has 2 aromatic rings. The quantitative estimate of drug-likeness (QED) is 0.603. The highest BCUT2D eigenvalue weighted by Crippen LogP contribution is 2.34. The maximum Gasteiger partial charge on any atom is 0.229 e. The topological polar surface area (TPSA) is 58.1 Å². The lowest BCUT2D eigenvalue weighted by Gasteiger charge is -2.35. The molecule has 0 saturated heterocycles. The molecule has 150 valence electrons. The maximum absolute atomic E-state index is 12.7. The summed E-state index contributed by atoms with van der Waals surface area (Å²) in [5, 5.41) is 3.33. The number of nitrogens with zero attached hydrogens (tertiary/aromatic N) is 3. The number of rotatable bonds is 6. The van der Waals surface area contributed by atoms with Crippen LogP contribution in [0.5, 0.6) is 0 Å². The van der Waals surface area contributed by atoms with Gasteiger partial charge in [0.25, 0.3) is 0 Å². The summed E-state index contributed by atoms with van der Waals surface area (Å²) >= 11 is 3.65. The van der Waals surface area contributed by atoms with E-state index in [2.05, 4.69) is 66.1 Å². The number of aryl methyl sites for hydroxylation is 1. The van der Waals surface area contributed by atoms with Crippen molar-refractivity contribution in [2.45, 2.75) is 72.3 Å². The van der Waals surface area contributed by atoms with Gasteiger partial charge in [0.1, 0.15) is 5.82 Å². The van der Waals surface area contributed by atoms with E-state index in [0.29, 0.717) is 24.7 Å². The molecule has 0 radical (unpaired) electrons. The van der Waals surface area contributed by atoms with Crippen LogP contribution in [0, 0.1) is 6.92 Å². The summed E-state index contributed by atoms with van der Waals surface area (Å²) in [6.07, 6.45) is 3.07. The minimum atomic E-state index is 0.160. The van der Waals surface area contributed by atoms with Crippen molar-refractivity contribution in [1.82, 2.24) is 9.97 Å². The summed E-state index contributed by atoms with van der Waals surface area (Å²) in [7, 11) is 0. The normalized spacial score (nSPS) is 14.0. The molecule has 1 amide bonds. The van der Waals surface area contributed by atoms with E-state index in [1.807, 2.05) is 17.9 Å². The second kappa shape index (κ2) is 8.60. The van der Waals surface area contributed by atoms with Crippen molar-refractivity contribution in [1.29, 1.82) is 0 Å². The highest BCUT2D eigenvalue weighted by atomic mass is 79.9. The molecule has 0 unspecified atom stereocenters. The number of benzene rings is 1. The molecule has 5 nitrogen and oxygen atoms in total. The van der Waals surface area contributed by atoms with Crippen LogP contribution in [0.15, 0.2) is 22.7 Å². The van der Waals surface area contributed by atoms with E-state index >= 15 is 0 Å². The molecular weight excluding hydrogens is 416 g/mol. The van der Waals surface area contributed by atoms with Gasteiger partial charge in [0.15, 0.2) is 0 Å². The first-order chi connectivity index (χ1) is 13.3. The minimum Gasteiger partial charge on any atom is -0.323 e. The molecule has 3 rings (SSSR count). The lowest BCUT2D eigenvalue weighted by Crippen LogP contribution is -2.43. The number of carbonyl (C=O) groups excluding carboxylic acids is 1. The van der Waals surface area contributed by atoms with Crippen LogP contribution in [0.4, 0.5) is 17.5 Å². The van der Waals surface area contributed by atoms with Crippen LogP contribution in [0.3, 0.4) is 0 Å². The first-order valence-electron chi connectivity index (χ1n) is 10.1. The number of halogens is 1. The van der Waals surface area contributed by atoms with Gasteiger partial charge < -0.3 is 5.32 Å². The third-order valence-corrected chi connectivity index (χ3v) is 6.15. The molecule has 0 fully saturated rings. The zero-order valence-electron chi connectivity index (χ0n) is 17.3. The zero-order valence-corrected chi connectivity index (χ0v) is 18.9. The fourth-order valence-corrected chi connectivity index (χ4v) is 4.24. The number of hydrogen-bond donors (Lipinski definition) is 1. The highest BCUT2D eigenvalue weighted by molar-refractivity contribution is 9.10. The predicted molar refractivity (Wildman–Crippen MR) is 118 cm³/mol. The van der Waals surface area contributed by atoms with Crippen molar-refractivity contribution in [2.24, 2.45) is 0 Å². The summed E-state index contributed by atoms with van der Waals surface area (Å²) in [5.41, 5.74) is 4.21. The summed E-state index contributed by atoms with van der Waals surface area (Å²) in [4.78, 5) is 24.0. The Labute approximate surface area is 176 Å². The predicted octanol–water partition coefficient (Wildman–Crippen LogP) is 5.88. The van der Waals surface area contributed by atoms with Gasteiger partial charge in [-0.15, -0.1) is 0 Å². The molecule has 0 aliphatic carbocycles. The van der Waals surface area contributed by atoms with E-state index < -0.39 is 0 Å². The fraction of sp³-hybridized carbons (Fsp3) is 0.500. The van der Waals surface area contributed by atoms with Gasteiger partial charge in [-0.3, -0.25) is 9.69 Å². The van der Waals surface area contributed by atoms with Gasteiger partial charge in [0.2, 0.25) is 11.9 Å². The number of hydrogen-bond acceptors (Lipinski definition) is 4. The summed E-state index contributed by atoms with van der Waals surface area (Å²) in [6, 6.07) is 6.45. The van der Waals surface area contributed by atoms with Gasteiger partial charge in [-0.2, -0.15) is 4.98 Å². The Bertz CT molecular complexity index is 877. The number of anilines is 3. The molecule has 0 saturated carbocycles. The van der Waals surface area contributed by atoms with Crippen LogP contribution in [0.2, 0.25) is 0 Å². The first kappa shape index (κ1) is 20.8. The second-order valence-electron chi connectivity index (χ2n) is 7.69. The first-order valence-corrected chi connectivity index (χ1v) is 10.9. The van der Waals surface area contributed by atoms with Crippen LogP contribution in [-0.2, 0) is 11.2 Å². The Morgan fingerprint density at radius 1 is 1.18 bits per heavy atom. The smallest absolute Gasteiger partial charge is 0.229 e. The molecule has 28 heavy (non-hydrogen) atoms. The molecule has 2 heterocycles. The standard InChI is InChI=1S/C22H29BrN4O/c1-6-16(7-2)27-20(28)11-9-17-14(5)24-22(26-21(17)27)25-19-10-8-15(13(3)4)12-18(19)23/h8,10,12-13,16H,6-7,9,11H2,1-5H3,(H,24,25,26). The van der Waals surface area contributed by atoms with Gasteiger partial charge >= 0.3 is 0 Å². The molecule has 0 spiro atoms. The summed E-state index contributed by atoms with van der Waals surface area (Å²) in [5.74, 6) is 1.93. The second-order valence-corrected chi connectivity index (χ2v) is 8.54. The van der Waals surface area contributed by atoms with Gasteiger partial charge in [0, 0.05) is 28.2 Å². The Hall–Kier alpha value is -1.95. The number of fused-ring (bicyclic) bond motifs is 1. The van der Waals surface area contributed by atoms with E-state index in [9.17, 15) is 4.79 Å². The van der Waals surface area contributed by atoms with Crippen LogP contribution < -0.4 is 10.2 Å². The highest BCUT2D eigenvalue weighted by Gasteiger charge is 2.32. The molecule has 1 aromatic carbocycles. The molecule has 1 aromatic heterocycles. The number of carbonyl (C=O) groups is 1. The third kappa shape index (κ3) is 4.07. The van der Waals surface area contributed by atoms with Crippen molar-refractivity contribution >= 4 is 39.3 Å². The molecule has 0 bridgehead atoms. The zero-order chi connectivity index (χ0) is 20.4. The third-order valence-electron chi connectivity index (χ3n) is 5.49.